The van der Waals surface area contributed by atoms with Crippen molar-refractivity contribution < 1.29 is 9.30 Å². The lowest BCUT2D eigenvalue weighted by molar-refractivity contribution is -0.694. The smallest absolute Gasteiger partial charge is 0.390 e. The molecule has 0 saturated carbocycles. The number of nitrogens with zero attached hydrogens (tertiary/aromatic N) is 2. The highest BCUT2D eigenvalue weighted by molar-refractivity contribution is 6.66. The number of aromatic nitrogens is 2. The van der Waals surface area contributed by atoms with E-state index in [1.807, 2.05) is 34.9 Å². The summed E-state index contributed by atoms with van der Waals surface area (Å²) in [7, 11) is 0. The fourth-order valence-electron chi connectivity index (χ4n) is 1.49. The molecule has 0 bridgehead atoms. The Morgan fingerprint density at radius 2 is 1.89 bits per heavy atom. The first-order valence-corrected chi connectivity index (χ1v) is 6.31. The molecule has 0 aliphatic carbocycles. The van der Waals surface area contributed by atoms with Crippen LogP contribution < -0.4 is 9.30 Å². The molecule has 0 fully saturated rings. The Kier molecular flexibility index (Phi) is 4.27. The van der Waals surface area contributed by atoms with Gasteiger partial charge in [0.25, 0.3) is 0 Å². The number of hydrogen-bond donors (Lipinski definition) is 0. The van der Waals surface area contributed by atoms with Crippen LogP contribution in [0.5, 0.6) is 5.88 Å². The molecule has 3 nitrogen and oxygen atoms in total. The van der Waals surface area contributed by atoms with Crippen LogP contribution in [0.25, 0.3) is 0 Å². The minimum absolute atomic E-state index is 0.390. The van der Waals surface area contributed by atoms with Crippen LogP contribution in [0, 0.1) is 0 Å². The molecule has 2 aromatic rings. The van der Waals surface area contributed by atoms with Crippen molar-refractivity contribution in [1.82, 2.24) is 4.98 Å². The van der Waals surface area contributed by atoms with Gasteiger partial charge in [-0.05, 0) is 34.8 Å². The van der Waals surface area contributed by atoms with Crippen LogP contribution in [0.1, 0.15) is 5.56 Å². The Balaban J connectivity index is 2.23. The predicted molar refractivity (Wildman–Crippen MR) is 70.9 cm³/mol. The summed E-state index contributed by atoms with van der Waals surface area (Å²) in [5.41, 5.74) is 1.11. The Morgan fingerprint density at radius 1 is 1.17 bits per heavy atom. The lowest BCUT2D eigenvalue weighted by Crippen LogP contribution is -2.38. The van der Waals surface area contributed by atoms with E-state index < -0.39 is 3.98 Å². The number of hydrogen-bond acceptors (Lipinski definition) is 2. The van der Waals surface area contributed by atoms with Gasteiger partial charge in [-0.3, -0.25) is 0 Å². The molecule has 0 spiro atoms. The maximum atomic E-state index is 5.61. The van der Waals surface area contributed by atoms with Gasteiger partial charge in [0.2, 0.25) is 0 Å². The zero-order chi connectivity index (χ0) is 13.0. The lowest BCUT2D eigenvalue weighted by Gasteiger charge is -2.11. The summed E-state index contributed by atoms with van der Waals surface area (Å²) >= 11 is 16.8. The van der Waals surface area contributed by atoms with E-state index in [1.165, 1.54) is 6.20 Å². The van der Waals surface area contributed by atoms with Gasteiger partial charge in [-0.15, -0.1) is 0 Å². The number of halogens is 3. The van der Waals surface area contributed by atoms with Crippen molar-refractivity contribution in [2.24, 2.45) is 0 Å². The summed E-state index contributed by atoms with van der Waals surface area (Å²) in [4.78, 5) is 3.95. The van der Waals surface area contributed by atoms with Crippen LogP contribution >= 0.6 is 34.8 Å². The van der Waals surface area contributed by atoms with E-state index in [0.29, 0.717) is 12.4 Å². The largest absolute Gasteiger partial charge is 0.391 e. The zero-order valence-corrected chi connectivity index (χ0v) is 11.5. The van der Waals surface area contributed by atoms with Crippen LogP contribution in [0.2, 0.25) is 0 Å². The highest BCUT2D eigenvalue weighted by atomic mass is 35.6. The van der Waals surface area contributed by atoms with E-state index >= 15 is 0 Å². The first kappa shape index (κ1) is 13.4. The second-order valence-electron chi connectivity index (χ2n) is 3.58. The van der Waals surface area contributed by atoms with E-state index in [-0.39, 0.29) is 0 Å². The van der Waals surface area contributed by atoms with Crippen molar-refractivity contribution in [1.29, 1.82) is 0 Å². The summed E-state index contributed by atoms with van der Waals surface area (Å²) < 4.78 is 5.21. The first-order chi connectivity index (χ1) is 8.54. The van der Waals surface area contributed by atoms with Gasteiger partial charge in [0.15, 0.2) is 12.7 Å². The monoisotopic (exact) mass is 303 g/mol. The molecule has 0 saturated heterocycles. The van der Waals surface area contributed by atoms with Gasteiger partial charge in [0.1, 0.15) is 6.20 Å². The van der Waals surface area contributed by atoms with E-state index in [0.717, 1.165) is 5.56 Å². The molecule has 2 rings (SSSR count). The fourth-order valence-corrected chi connectivity index (χ4v) is 1.72. The van der Waals surface area contributed by atoms with Gasteiger partial charge in [-0.2, -0.15) is 4.57 Å². The third-order valence-corrected chi connectivity index (χ3v) is 2.45. The average Bonchev–Trinajstić information content (AvgIpc) is 2.31. The van der Waals surface area contributed by atoms with Gasteiger partial charge < -0.3 is 4.74 Å². The van der Waals surface area contributed by atoms with E-state index in [1.54, 1.807) is 12.4 Å². The molecule has 1 aromatic heterocycles. The number of rotatable bonds is 3. The molecular weight excluding hydrogens is 295 g/mol. The third kappa shape index (κ3) is 4.02. The normalized spacial score (nSPS) is 11.3. The summed E-state index contributed by atoms with van der Waals surface area (Å²) in [6, 6.07) is 9.90. The minimum atomic E-state index is -1.80. The zero-order valence-electron chi connectivity index (χ0n) is 9.26. The number of alkyl halides is 3. The molecule has 1 aromatic carbocycles. The minimum Gasteiger partial charge on any atom is -0.391 e. The van der Waals surface area contributed by atoms with Crippen molar-refractivity contribution >= 4 is 34.8 Å². The van der Waals surface area contributed by atoms with E-state index in [2.05, 4.69) is 4.98 Å². The molecule has 0 radical (unpaired) electrons. The molecule has 0 N–H and O–H groups in total. The van der Waals surface area contributed by atoms with Gasteiger partial charge >= 0.3 is 9.86 Å². The second-order valence-corrected chi connectivity index (χ2v) is 5.75. The van der Waals surface area contributed by atoms with Crippen LogP contribution in [0.4, 0.5) is 0 Å². The van der Waals surface area contributed by atoms with Crippen molar-refractivity contribution in [3.05, 3.63) is 54.5 Å². The van der Waals surface area contributed by atoms with Crippen molar-refractivity contribution in [2.75, 3.05) is 0 Å². The van der Waals surface area contributed by atoms with Crippen LogP contribution in [-0.4, -0.2) is 8.96 Å². The van der Waals surface area contributed by atoms with Crippen molar-refractivity contribution in [3.8, 4) is 5.88 Å². The van der Waals surface area contributed by atoms with Gasteiger partial charge in [-0.25, -0.2) is 4.98 Å². The molecule has 18 heavy (non-hydrogen) atoms. The van der Waals surface area contributed by atoms with Crippen LogP contribution in [0.15, 0.2) is 48.9 Å². The standard InChI is InChI=1S/C12H10Cl3N2O/c13-12(14,15)18-11-8-16-6-7-17(11)9-10-4-2-1-3-5-10/h1-8H,9H2/q+1. The Labute approximate surface area is 120 Å². The fraction of sp³-hybridized carbons (Fsp3) is 0.167. The van der Waals surface area contributed by atoms with Gasteiger partial charge in [0.05, 0.1) is 6.20 Å². The quantitative estimate of drug-likeness (QED) is 0.643. The van der Waals surface area contributed by atoms with E-state index in [4.69, 9.17) is 39.5 Å². The maximum absolute atomic E-state index is 5.61. The Bertz CT molecular complexity index is 514. The molecule has 1 heterocycles. The second kappa shape index (κ2) is 5.74. The van der Waals surface area contributed by atoms with Gasteiger partial charge in [-0.1, -0.05) is 30.3 Å². The SMILES string of the molecule is ClC(Cl)(Cl)Oc1cncc[n+]1Cc1ccccc1. The molecule has 0 aliphatic rings. The average molecular weight is 305 g/mol. The predicted octanol–water partition coefficient (Wildman–Crippen LogP) is 3.12. The highest BCUT2D eigenvalue weighted by Crippen LogP contribution is 2.27. The van der Waals surface area contributed by atoms with Crippen LogP contribution in [-0.2, 0) is 6.54 Å². The molecule has 0 amide bonds. The summed E-state index contributed by atoms with van der Waals surface area (Å²) in [5.74, 6) is 0.390. The van der Waals surface area contributed by atoms with E-state index in [9.17, 15) is 0 Å². The molecule has 0 unspecified atom stereocenters. The lowest BCUT2D eigenvalue weighted by atomic mass is 10.2. The summed E-state index contributed by atoms with van der Waals surface area (Å²) in [6.45, 7) is 0.611. The molecule has 0 aliphatic heterocycles. The Morgan fingerprint density at radius 3 is 2.56 bits per heavy atom. The molecule has 94 valence electrons. The van der Waals surface area contributed by atoms with Gasteiger partial charge in [0, 0.05) is 5.56 Å². The Hall–Kier alpha value is -1.03. The third-order valence-electron chi connectivity index (χ3n) is 2.22. The van der Waals surface area contributed by atoms with Crippen molar-refractivity contribution in [3.63, 3.8) is 0 Å². The molecule has 6 heteroatoms. The first-order valence-electron chi connectivity index (χ1n) is 5.18. The number of ether oxygens (including phenoxy) is 1. The van der Waals surface area contributed by atoms with Crippen LogP contribution in [0.3, 0.4) is 0 Å². The molecule has 0 atom stereocenters. The maximum Gasteiger partial charge on any atom is 0.390 e. The summed E-state index contributed by atoms with van der Waals surface area (Å²) in [5, 5.41) is 0. The number of benzene rings is 1. The topological polar surface area (TPSA) is 26.0 Å². The highest BCUT2D eigenvalue weighted by Gasteiger charge is 2.27. The van der Waals surface area contributed by atoms with Crippen molar-refractivity contribution in [2.45, 2.75) is 10.5 Å². The summed E-state index contributed by atoms with van der Waals surface area (Å²) in [6.07, 6.45) is 4.91. The molecular formula is C12H10Cl3N2O+.